The van der Waals surface area contributed by atoms with Gasteiger partial charge in [0.05, 0.1) is 5.56 Å². The second-order valence-corrected chi connectivity index (χ2v) is 3.68. The number of rotatable bonds is 0. The minimum Gasteiger partial charge on any atom is -0.383 e. The number of aromatic nitrogens is 1. The standard InChI is InChI=1S/C8H7N3S/c9-3-5-4-11-8(10)6-1-2-12-7(5)6/h4H,1-2H2,(H2,10,11). The van der Waals surface area contributed by atoms with E-state index in [-0.39, 0.29) is 0 Å². The monoisotopic (exact) mass is 177 g/mol. The average Bonchev–Trinajstić information content (AvgIpc) is 2.54. The summed E-state index contributed by atoms with van der Waals surface area (Å²) in [5, 5.41) is 8.75. The first-order valence-corrected chi connectivity index (χ1v) is 4.61. The van der Waals surface area contributed by atoms with Crippen LogP contribution < -0.4 is 5.73 Å². The fraction of sp³-hybridized carbons (Fsp3) is 0.250. The van der Waals surface area contributed by atoms with Gasteiger partial charge in [0.1, 0.15) is 11.9 Å². The van der Waals surface area contributed by atoms with Gasteiger partial charge in [-0.2, -0.15) is 5.26 Å². The summed E-state index contributed by atoms with van der Waals surface area (Å²) in [7, 11) is 0. The van der Waals surface area contributed by atoms with Gasteiger partial charge < -0.3 is 5.73 Å². The molecule has 1 aromatic rings. The molecule has 60 valence electrons. The van der Waals surface area contributed by atoms with Gasteiger partial charge in [0, 0.05) is 22.4 Å². The quantitative estimate of drug-likeness (QED) is 0.646. The zero-order valence-corrected chi connectivity index (χ0v) is 7.19. The third-order valence-corrected chi connectivity index (χ3v) is 3.04. The number of nitrogens with two attached hydrogens (primary N) is 1. The van der Waals surface area contributed by atoms with Gasteiger partial charge in [-0.15, -0.1) is 11.8 Å². The van der Waals surface area contributed by atoms with E-state index in [1.165, 1.54) is 0 Å². The van der Waals surface area contributed by atoms with Crippen molar-refractivity contribution >= 4 is 17.6 Å². The van der Waals surface area contributed by atoms with Crippen molar-refractivity contribution in [2.75, 3.05) is 11.5 Å². The second kappa shape index (κ2) is 2.68. The Morgan fingerprint density at radius 2 is 2.50 bits per heavy atom. The summed E-state index contributed by atoms with van der Waals surface area (Å²) in [6, 6.07) is 2.12. The van der Waals surface area contributed by atoms with Gasteiger partial charge in [0.25, 0.3) is 0 Å². The smallest absolute Gasteiger partial charge is 0.127 e. The third-order valence-electron chi connectivity index (χ3n) is 1.88. The molecule has 1 aliphatic rings. The lowest BCUT2D eigenvalue weighted by molar-refractivity contribution is 1.10. The summed E-state index contributed by atoms with van der Waals surface area (Å²) in [4.78, 5) is 5.00. The molecule has 4 heteroatoms. The van der Waals surface area contributed by atoms with Crippen LogP contribution in [-0.2, 0) is 6.42 Å². The SMILES string of the molecule is N#Cc1cnc(N)c2c1SCC2. The van der Waals surface area contributed by atoms with Crippen molar-refractivity contribution in [3.05, 3.63) is 17.3 Å². The molecule has 12 heavy (non-hydrogen) atoms. The highest BCUT2D eigenvalue weighted by atomic mass is 32.2. The topological polar surface area (TPSA) is 62.7 Å². The third kappa shape index (κ3) is 0.942. The number of nitrogen functional groups attached to an aromatic ring is 1. The lowest BCUT2D eigenvalue weighted by atomic mass is 10.1. The minimum atomic E-state index is 0.578. The first-order chi connectivity index (χ1) is 5.83. The molecule has 0 fully saturated rings. The van der Waals surface area contributed by atoms with Crippen molar-refractivity contribution in [3.8, 4) is 6.07 Å². The zero-order valence-electron chi connectivity index (χ0n) is 6.37. The van der Waals surface area contributed by atoms with E-state index in [0.29, 0.717) is 11.4 Å². The molecule has 0 spiro atoms. The van der Waals surface area contributed by atoms with Gasteiger partial charge in [-0.3, -0.25) is 0 Å². The Morgan fingerprint density at radius 1 is 1.67 bits per heavy atom. The molecule has 1 aromatic heterocycles. The summed E-state index contributed by atoms with van der Waals surface area (Å²) in [5.74, 6) is 1.59. The Hall–Kier alpha value is -1.21. The molecule has 0 aliphatic carbocycles. The van der Waals surface area contributed by atoms with E-state index < -0.39 is 0 Å². The van der Waals surface area contributed by atoms with E-state index in [1.807, 2.05) is 0 Å². The number of nitrogens with zero attached hydrogens (tertiary/aromatic N) is 2. The molecule has 0 amide bonds. The predicted octanol–water partition coefficient (Wildman–Crippen LogP) is 1.18. The highest BCUT2D eigenvalue weighted by Crippen LogP contribution is 2.35. The first kappa shape index (κ1) is 7.44. The van der Waals surface area contributed by atoms with Gasteiger partial charge in [0.15, 0.2) is 0 Å². The molecule has 0 atom stereocenters. The Labute approximate surface area is 74.6 Å². The fourth-order valence-electron chi connectivity index (χ4n) is 1.29. The maximum absolute atomic E-state index is 8.75. The van der Waals surface area contributed by atoms with E-state index in [2.05, 4.69) is 11.1 Å². The molecule has 0 saturated carbocycles. The van der Waals surface area contributed by atoms with E-state index in [9.17, 15) is 0 Å². The Balaban J connectivity index is 2.66. The van der Waals surface area contributed by atoms with Crippen LogP contribution in [0.2, 0.25) is 0 Å². The molecular weight excluding hydrogens is 170 g/mol. The number of pyridine rings is 1. The van der Waals surface area contributed by atoms with Gasteiger partial charge in [-0.1, -0.05) is 0 Å². The fourth-order valence-corrected chi connectivity index (χ4v) is 2.44. The molecule has 0 unspecified atom stereocenters. The summed E-state index contributed by atoms with van der Waals surface area (Å²) >= 11 is 1.69. The Kier molecular flexibility index (Phi) is 1.66. The average molecular weight is 177 g/mol. The zero-order chi connectivity index (χ0) is 8.55. The van der Waals surface area contributed by atoms with Crippen LogP contribution in [0.3, 0.4) is 0 Å². The maximum Gasteiger partial charge on any atom is 0.127 e. The number of anilines is 1. The molecule has 0 radical (unpaired) electrons. The van der Waals surface area contributed by atoms with Crippen molar-refractivity contribution in [2.24, 2.45) is 0 Å². The molecule has 1 aliphatic heterocycles. The van der Waals surface area contributed by atoms with Crippen LogP contribution in [0.25, 0.3) is 0 Å². The number of fused-ring (bicyclic) bond motifs is 1. The van der Waals surface area contributed by atoms with Crippen LogP contribution in [0.15, 0.2) is 11.1 Å². The molecule has 0 aromatic carbocycles. The van der Waals surface area contributed by atoms with Gasteiger partial charge in [-0.25, -0.2) is 4.98 Å². The summed E-state index contributed by atoms with van der Waals surface area (Å²) in [6.45, 7) is 0. The predicted molar refractivity (Wildman–Crippen MR) is 47.8 cm³/mol. The van der Waals surface area contributed by atoms with Crippen LogP contribution in [0, 0.1) is 11.3 Å². The van der Waals surface area contributed by atoms with Crippen LogP contribution >= 0.6 is 11.8 Å². The van der Waals surface area contributed by atoms with Crippen molar-refractivity contribution in [1.29, 1.82) is 5.26 Å². The van der Waals surface area contributed by atoms with E-state index in [4.69, 9.17) is 11.0 Å². The summed E-state index contributed by atoms with van der Waals surface area (Å²) < 4.78 is 0. The molecular formula is C8H7N3S. The summed E-state index contributed by atoms with van der Waals surface area (Å²) in [5.41, 5.74) is 7.37. The minimum absolute atomic E-state index is 0.578. The Morgan fingerprint density at radius 3 is 3.25 bits per heavy atom. The number of hydrogen-bond acceptors (Lipinski definition) is 4. The molecule has 2 rings (SSSR count). The summed E-state index contributed by atoms with van der Waals surface area (Å²) in [6.07, 6.45) is 2.49. The number of thioether (sulfide) groups is 1. The normalized spacial score (nSPS) is 13.9. The van der Waals surface area contributed by atoms with Gasteiger partial charge >= 0.3 is 0 Å². The number of hydrogen-bond donors (Lipinski definition) is 1. The Bertz CT molecular complexity index is 367. The lowest BCUT2D eigenvalue weighted by Gasteiger charge is -2.01. The second-order valence-electron chi connectivity index (χ2n) is 2.58. The molecule has 0 bridgehead atoms. The molecule has 0 saturated heterocycles. The lowest BCUT2D eigenvalue weighted by Crippen LogP contribution is -1.97. The van der Waals surface area contributed by atoms with Crippen molar-refractivity contribution in [2.45, 2.75) is 11.3 Å². The highest BCUT2D eigenvalue weighted by molar-refractivity contribution is 7.99. The van der Waals surface area contributed by atoms with Crippen molar-refractivity contribution in [1.82, 2.24) is 4.98 Å². The largest absolute Gasteiger partial charge is 0.383 e. The van der Waals surface area contributed by atoms with E-state index >= 15 is 0 Å². The molecule has 3 nitrogen and oxygen atoms in total. The highest BCUT2D eigenvalue weighted by Gasteiger charge is 2.18. The van der Waals surface area contributed by atoms with Gasteiger partial charge in [-0.05, 0) is 6.42 Å². The van der Waals surface area contributed by atoms with Crippen LogP contribution in [-0.4, -0.2) is 10.7 Å². The molecule has 2 heterocycles. The van der Waals surface area contributed by atoms with Gasteiger partial charge in [0.2, 0.25) is 0 Å². The van der Waals surface area contributed by atoms with Crippen molar-refractivity contribution < 1.29 is 0 Å². The first-order valence-electron chi connectivity index (χ1n) is 3.63. The van der Waals surface area contributed by atoms with Crippen LogP contribution in [0.4, 0.5) is 5.82 Å². The van der Waals surface area contributed by atoms with Crippen LogP contribution in [0.5, 0.6) is 0 Å². The van der Waals surface area contributed by atoms with Crippen molar-refractivity contribution in [3.63, 3.8) is 0 Å². The van der Waals surface area contributed by atoms with E-state index in [1.54, 1.807) is 18.0 Å². The maximum atomic E-state index is 8.75. The molecule has 2 N–H and O–H groups in total. The van der Waals surface area contributed by atoms with Crippen LogP contribution in [0.1, 0.15) is 11.1 Å². The van der Waals surface area contributed by atoms with E-state index in [0.717, 1.165) is 22.6 Å². The number of nitriles is 1.